The molecule has 8 nitrogen and oxygen atoms in total. The zero-order valence-electron chi connectivity index (χ0n) is 19.0. The van der Waals surface area contributed by atoms with Crippen molar-refractivity contribution in [2.75, 3.05) is 10.6 Å². The number of nitrogens with zero attached hydrogens (tertiary/aromatic N) is 1. The molecule has 36 heavy (non-hydrogen) atoms. The Balaban J connectivity index is 1.26. The van der Waals surface area contributed by atoms with Gasteiger partial charge in [-0.25, -0.2) is 9.78 Å². The molecule has 0 bridgehead atoms. The molecule has 0 radical (unpaired) electrons. The number of alkyl halides is 3. The molecular weight excluding hydrogens is 477 g/mol. The highest BCUT2D eigenvalue weighted by atomic mass is 19.4. The SMILES string of the molecule is C[C@H]1c2cc(Oc3ccnc4c3CCC(=O)N4)ccc2O[C@H]1NC(=O)Nc1cccc(C(F)(F)F)c1. The number of carbonyl (C=O) groups excluding carboxylic acids is 2. The highest BCUT2D eigenvalue weighted by molar-refractivity contribution is 5.93. The number of urea groups is 1. The minimum atomic E-state index is -4.51. The summed E-state index contributed by atoms with van der Waals surface area (Å²) in [6.45, 7) is 1.86. The van der Waals surface area contributed by atoms with Crippen LogP contribution in [0.2, 0.25) is 0 Å². The maximum Gasteiger partial charge on any atom is 0.416 e. The third-order valence-corrected chi connectivity index (χ3v) is 6.00. The molecule has 186 valence electrons. The summed E-state index contributed by atoms with van der Waals surface area (Å²) in [5.74, 6) is 1.82. The van der Waals surface area contributed by atoms with Crippen molar-refractivity contribution >= 4 is 23.4 Å². The van der Waals surface area contributed by atoms with Gasteiger partial charge in [0.05, 0.1) is 5.56 Å². The molecule has 0 saturated heterocycles. The van der Waals surface area contributed by atoms with E-state index in [4.69, 9.17) is 9.47 Å². The number of hydrogen-bond donors (Lipinski definition) is 3. The second-order valence-electron chi connectivity index (χ2n) is 8.49. The van der Waals surface area contributed by atoms with Crippen LogP contribution in [0.15, 0.2) is 54.7 Å². The predicted molar refractivity (Wildman–Crippen MR) is 124 cm³/mol. The molecular formula is C25H21F3N4O4. The van der Waals surface area contributed by atoms with Crippen LogP contribution in [0.1, 0.15) is 36.0 Å². The lowest BCUT2D eigenvalue weighted by molar-refractivity contribution is -0.137. The zero-order valence-corrected chi connectivity index (χ0v) is 19.0. The fraction of sp³-hybridized carbons (Fsp3) is 0.240. The quantitative estimate of drug-likeness (QED) is 0.446. The van der Waals surface area contributed by atoms with Gasteiger partial charge in [0.2, 0.25) is 5.91 Å². The van der Waals surface area contributed by atoms with Crippen molar-refractivity contribution < 1.29 is 32.2 Å². The average Bonchev–Trinajstić information content (AvgIpc) is 3.13. The number of rotatable bonds is 4. The van der Waals surface area contributed by atoms with Crippen LogP contribution in [0.5, 0.6) is 17.2 Å². The van der Waals surface area contributed by atoms with Gasteiger partial charge in [0.25, 0.3) is 0 Å². The minimum absolute atomic E-state index is 0.0121. The van der Waals surface area contributed by atoms with Crippen molar-refractivity contribution in [1.82, 2.24) is 10.3 Å². The molecule has 2 aromatic carbocycles. The van der Waals surface area contributed by atoms with Gasteiger partial charge in [0.1, 0.15) is 23.1 Å². The first kappa shape index (κ1) is 23.5. The topological polar surface area (TPSA) is 102 Å². The molecule has 3 N–H and O–H groups in total. The number of ether oxygens (including phenoxy) is 2. The highest BCUT2D eigenvalue weighted by Crippen LogP contribution is 2.41. The Morgan fingerprint density at radius 2 is 2.00 bits per heavy atom. The Morgan fingerprint density at radius 1 is 1.17 bits per heavy atom. The van der Waals surface area contributed by atoms with E-state index in [2.05, 4.69) is 20.9 Å². The lowest BCUT2D eigenvalue weighted by Crippen LogP contribution is -2.42. The standard InChI is InChI=1S/C25H21F3N4O4/c1-13-18-12-16(35-20-9-10-29-22-17(20)6-8-21(33)31-22)5-7-19(18)36-23(13)32-24(34)30-15-4-2-3-14(11-15)25(26,27)28/h2-5,7,9-13,23H,6,8H2,1H3,(H,29,31,33)(H2,30,32,34)/t13-,23+/m0/s1. The first-order valence-corrected chi connectivity index (χ1v) is 11.2. The summed E-state index contributed by atoms with van der Waals surface area (Å²) < 4.78 is 50.7. The van der Waals surface area contributed by atoms with Crippen molar-refractivity contribution in [2.45, 2.75) is 38.1 Å². The average molecular weight is 498 g/mol. The van der Waals surface area contributed by atoms with Crippen LogP contribution in [-0.4, -0.2) is 23.2 Å². The third kappa shape index (κ3) is 4.77. The number of halogens is 3. The number of carbonyl (C=O) groups is 2. The number of amides is 3. The molecule has 0 saturated carbocycles. The molecule has 3 heterocycles. The lowest BCUT2D eigenvalue weighted by atomic mass is 10.0. The van der Waals surface area contributed by atoms with E-state index < -0.39 is 24.0 Å². The van der Waals surface area contributed by atoms with Gasteiger partial charge in [-0.3, -0.25) is 4.79 Å². The van der Waals surface area contributed by atoms with Crippen LogP contribution >= 0.6 is 0 Å². The summed E-state index contributed by atoms with van der Waals surface area (Å²) in [4.78, 5) is 28.3. The van der Waals surface area contributed by atoms with Crippen LogP contribution < -0.4 is 25.4 Å². The molecule has 3 aromatic rings. The summed E-state index contributed by atoms with van der Waals surface area (Å²) in [6.07, 6.45) is -2.82. The Kier molecular flexibility index (Phi) is 5.91. The van der Waals surface area contributed by atoms with E-state index in [1.54, 1.807) is 30.5 Å². The molecule has 3 amide bonds. The fourth-order valence-electron chi connectivity index (χ4n) is 4.16. The highest BCUT2D eigenvalue weighted by Gasteiger charge is 2.33. The van der Waals surface area contributed by atoms with Crippen molar-refractivity contribution in [2.24, 2.45) is 0 Å². The monoisotopic (exact) mass is 498 g/mol. The molecule has 2 atom stereocenters. The second kappa shape index (κ2) is 9.06. The molecule has 1 aromatic heterocycles. The molecule has 11 heteroatoms. The van der Waals surface area contributed by atoms with Gasteiger partial charge >= 0.3 is 12.2 Å². The Bertz CT molecular complexity index is 1350. The first-order chi connectivity index (χ1) is 17.2. The minimum Gasteiger partial charge on any atom is -0.470 e. The van der Waals surface area contributed by atoms with Gasteiger partial charge in [-0.2, -0.15) is 13.2 Å². The maximum absolute atomic E-state index is 12.9. The number of anilines is 2. The molecule has 0 fully saturated rings. The van der Waals surface area contributed by atoms with Gasteiger partial charge < -0.3 is 25.4 Å². The summed E-state index contributed by atoms with van der Waals surface area (Å²) in [7, 11) is 0. The Labute approximate surface area is 203 Å². The fourth-order valence-corrected chi connectivity index (χ4v) is 4.16. The van der Waals surface area contributed by atoms with E-state index in [1.807, 2.05) is 6.92 Å². The number of hydrogen-bond acceptors (Lipinski definition) is 5. The lowest BCUT2D eigenvalue weighted by Gasteiger charge is -2.19. The van der Waals surface area contributed by atoms with Crippen LogP contribution in [0.3, 0.4) is 0 Å². The van der Waals surface area contributed by atoms with E-state index in [-0.39, 0.29) is 17.5 Å². The second-order valence-corrected chi connectivity index (χ2v) is 8.49. The molecule has 2 aliphatic heterocycles. The van der Waals surface area contributed by atoms with E-state index in [0.717, 1.165) is 23.3 Å². The normalized spacial score (nSPS) is 18.4. The summed E-state index contributed by atoms with van der Waals surface area (Å²) in [6, 6.07) is 10.7. The molecule has 2 aliphatic rings. The van der Waals surface area contributed by atoms with Crippen molar-refractivity contribution in [3.05, 3.63) is 71.4 Å². The van der Waals surface area contributed by atoms with Crippen LogP contribution in [0.25, 0.3) is 0 Å². The largest absolute Gasteiger partial charge is 0.470 e. The number of fused-ring (bicyclic) bond motifs is 2. The Hall–Kier alpha value is -4.28. The molecule has 0 spiro atoms. The van der Waals surface area contributed by atoms with Gasteiger partial charge in [-0.1, -0.05) is 13.0 Å². The van der Waals surface area contributed by atoms with E-state index in [9.17, 15) is 22.8 Å². The van der Waals surface area contributed by atoms with Crippen molar-refractivity contribution in [1.29, 1.82) is 0 Å². The van der Waals surface area contributed by atoms with Gasteiger partial charge in [0, 0.05) is 35.3 Å². The molecule has 0 unspecified atom stereocenters. The van der Waals surface area contributed by atoms with E-state index >= 15 is 0 Å². The molecule has 0 aliphatic carbocycles. The molecule has 5 rings (SSSR count). The summed E-state index contributed by atoms with van der Waals surface area (Å²) in [5, 5.41) is 7.80. The van der Waals surface area contributed by atoms with Crippen LogP contribution in [0.4, 0.5) is 29.5 Å². The smallest absolute Gasteiger partial charge is 0.416 e. The van der Waals surface area contributed by atoms with Crippen molar-refractivity contribution in [3.63, 3.8) is 0 Å². The number of nitrogens with one attached hydrogen (secondary N) is 3. The van der Waals surface area contributed by atoms with Gasteiger partial charge in [-0.15, -0.1) is 0 Å². The van der Waals surface area contributed by atoms with Crippen LogP contribution in [-0.2, 0) is 17.4 Å². The van der Waals surface area contributed by atoms with Gasteiger partial charge in [0.15, 0.2) is 6.23 Å². The van der Waals surface area contributed by atoms with Gasteiger partial charge in [-0.05, 0) is 48.9 Å². The van der Waals surface area contributed by atoms with E-state index in [0.29, 0.717) is 35.9 Å². The Morgan fingerprint density at radius 3 is 2.81 bits per heavy atom. The summed E-state index contributed by atoms with van der Waals surface area (Å²) >= 11 is 0. The van der Waals surface area contributed by atoms with Crippen LogP contribution in [0, 0.1) is 0 Å². The van der Waals surface area contributed by atoms with Crippen molar-refractivity contribution in [3.8, 4) is 17.2 Å². The first-order valence-electron chi connectivity index (χ1n) is 11.2. The number of pyridine rings is 1. The number of aromatic nitrogens is 1. The maximum atomic E-state index is 12.9. The summed E-state index contributed by atoms with van der Waals surface area (Å²) in [5.41, 5.74) is 0.766. The zero-order chi connectivity index (χ0) is 25.4. The van der Waals surface area contributed by atoms with E-state index in [1.165, 1.54) is 12.1 Å². The third-order valence-electron chi connectivity index (χ3n) is 6.00. The predicted octanol–water partition coefficient (Wildman–Crippen LogP) is 5.42. The number of benzene rings is 2.